The zero-order valence-electron chi connectivity index (χ0n) is 17.8. The summed E-state index contributed by atoms with van der Waals surface area (Å²) in [4.78, 5) is 11.3. The second-order valence-electron chi connectivity index (χ2n) is 8.40. The summed E-state index contributed by atoms with van der Waals surface area (Å²) in [6.07, 6.45) is -25.9. The number of carboxylic acid groups (broad SMARTS) is 1. The molecule has 3 saturated heterocycles. The van der Waals surface area contributed by atoms with Gasteiger partial charge in [-0.2, -0.15) is 0 Å². The summed E-state index contributed by atoms with van der Waals surface area (Å²) < 4.78 is 26.2. The van der Waals surface area contributed by atoms with E-state index in [2.05, 4.69) is 0 Å². The highest BCUT2D eigenvalue weighted by Gasteiger charge is 2.52. The average molecular weight is 502 g/mol. The Morgan fingerprint density at radius 3 is 1.91 bits per heavy atom. The highest BCUT2D eigenvalue weighted by molar-refractivity contribution is 5.73. The lowest BCUT2D eigenvalue weighted by Gasteiger charge is -2.45. The third-order valence-electron chi connectivity index (χ3n) is 6.00. The summed E-state index contributed by atoms with van der Waals surface area (Å²) >= 11 is 0. The third-order valence-corrected chi connectivity index (χ3v) is 6.00. The van der Waals surface area contributed by atoms with E-state index in [4.69, 9.17) is 28.8 Å². The Bertz CT molecular complexity index is 695. The van der Waals surface area contributed by atoms with E-state index in [1.165, 1.54) is 6.92 Å². The molecule has 3 aliphatic rings. The third kappa shape index (κ3) is 5.35. The van der Waals surface area contributed by atoms with Crippen LogP contribution < -0.4 is 0 Å². The molecule has 15 unspecified atom stereocenters. The quantitative estimate of drug-likeness (QED) is 0.162. The Hall–Kier alpha value is -1.09. The molecule has 198 valence electrons. The van der Waals surface area contributed by atoms with Crippen LogP contribution in [0.3, 0.4) is 0 Å². The molecule has 0 aromatic carbocycles. The first-order chi connectivity index (χ1) is 15.8. The highest BCUT2D eigenvalue weighted by atomic mass is 16.7. The molecule has 0 saturated carbocycles. The Morgan fingerprint density at radius 2 is 1.29 bits per heavy atom. The van der Waals surface area contributed by atoms with Crippen LogP contribution in [-0.2, 0) is 28.5 Å². The van der Waals surface area contributed by atoms with Gasteiger partial charge in [-0.1, -0.05) is 0 Å². The smallest absolute Gasteiger partial charge is 0.335 e. The van der Waals surface area contributed by atoms with Crippen molar-refractivity contribution in [2.45, 2.75) is 99.0 Å². The van der Waals surface area contributed by atoms with Gasteiger partial charge in [0.2, 0.25) is 0 Å². The molecule has 3 heterocycles. The van der Waals surface area contributed by atoms with Crippen LogP contribution in [0.25, 0.3) is 0 Å². The molecule has 0 aromatic rings. The van der Waals surface area contributed by atoms with Crippen molar-refractivity contribution in [2.24, 2.45) is 0 Å². The number of hydrogen-bond acceptors (Lipinski definition) is 15. The van der Waals surface area contributed by atoms with Crippen LogP contribution in [0.15, 0.2) is 0 Å². The number of carboxylic acids is 1. The second kappa shape index (κ2) is 10.9. The van der Waals surface area contributed by atoms with Crippen molar-refractivity contribution in [1.82, 2.24) is 0 Å². The SMILES string of the molecule is CC1OC(OCC2OC(O)C(O)C(O)C2OC2OC(C(=O)O)C(O)C(O)C2O)C(O)C(O)C1O. The van der Waals surface area contributed by atoms with E-state index in [-0.39, 0.29) is 0 Å². The van der Waals surface area contributed by atoms with Crippen molar-refractivity contribution in [3.05, 3.63) is 0 Å². The van der Waals surface area contributed by atoms with Crippen LogP contribution in [0.5, 0.6) is 0 Å². The average Bonchev–Trinajstić information content (AvgIpc) is 2.79. The lowest BCUT2D eigenvalue weighted by Crippen LogP contribution is -2.65. The predicted molar refractivity (Wildman–Crippen MR) is 100 cm³/mol. The molecule has 0 aromatic heterocycles. The molecule has 0 spiro atoms. The number of hydrogen-bond donors (Lipinski definition) is 10. The van der Waals surface area contributed by atoms with E-state index in [9.17, 15) is 50.8 Å². The number of aliphatic hydroxyl groups is 9. The van der Waals surface area contributed by atoms with Crippen molar-refractivity contribution < 1.29 is 79.5 Å². The fourth-order valence-corrected chi connectivity index (χ4v) is 3.88. The Morgan fingerprint density at radius 1 is 0.706 bits per heavy atom. The van der Waals surface area contributed by atoms with Gasteiger partial charge in [0.1, 0.15) is 61.0 Å². The number of carbonyl (C=O) groups is 1. The predicted octanol–water partition coefficient (Wildman–Crippen LogP) is -6.45. The van der Waals surface area contributed by atoms with Crippen molar-refractivity contribution in [1.29, 1.82) is 0 Å². The van der Waals surface area contributed by atoms with E-state index in [0.29, 0.717) is 0 Å². The molecule has 0 aliphatic carbocycles. The lowest BCUT2D eigenvalue weighted by molar-refractivity contribution is -0.359. The minimum atomic E-state index is -2.01. The Labute approximate surface area is 192 Å². The molecule has 15 atom stereocenters. The molecule has 3 fully saturated rings. The monoisotopic (exact) mass is 502 g/mol. The zero-order chi connectivity index (χ0) is 25.5. The zero-order valence-corrected chi connectivity index (χ0v) is 17.8. The number of aliphatic hydroxyl groups excluding tert-OH is 9. The van der Waals surface area contributed by atoms with Crippen LogP contribution in [0.1, 0.15) is 6.92 Å². The van der Waals surface area contributed by atoms with Crippen molar-refractivity contribution >= 4 is 5.97 Å². The molecule has 3 aliphatic heterocycles. The second-order valence-corrected chi connectivity index (χ2v) is 8.40. The van der Waals surface area contributed by atoms with Gasteiger partial charge in [-0.15, -0.1) is 0 Å². The van der Waals surface area contributed by atoms with Gasteiger partial charge in [0.15, 0.2) is 25.0 Å². The molecule has 0 bridgehead atoms. The summed E-state index contributed by atoms with van der Waals surface area (Å²) in [6, 6.07) is 0. The number of aliphatic carboxylic acids is 1. The highest BCUT2D eigenvalue weighted by Crippen LogP contribution is 2.30. The van der Waals surface area contributed by atoms with Crippen molar-refractivity contribution in [2.75, 3.05) is 6.61 Å². The molecule has 34 heavy (non-hydrogen) atoms. The molecule has 16 nitrogen and oxygen atoms in total. The molecular formula is C18H30O16. The first-order valence-corrected chi connectivity index (χ1v) is 10.4. The van der Waals surface area contributed by atoms with Crippen molar-refractivity contribution in [3.63, 3.8) is 0 Å². The molecule has 0 amide bonds. The largest absolute Gasteiger partial charge is 0.479 e. The summed E-state index contributed by atoms with van der Waals surface area (Å²) in [5.41, 5.74) is 0. The van der Waals surface area contributed by atoms with E-state index < -0.39 is 105 Å². The fourth-order valence-electron chi connectivity index (χ4n) is 3.88. The van der Waals surface area contributed by atoms with Crippen LogP contribution in [0, 0.1) is 0 Å². The summed E-state index contributed by atoms with van der Waals surface area (Å²) in [5.74, 6) is -1.68. The molecule has 16 heteroatoms. The standard InChI is InChI=1S/C18H30O16/c1-3-5(19)6(20)11(25)17(31-3)30-2-4-13(9(23)10(24)16(29)32-4)33-18-12(26)7(21)8(22)14(34-18)15(27)28/h3-14,16-26,29H,2H2,1H3,(H,27,28). The number of rotatable bonds is 6. The summed E-state index contributed by atoms with van der Waals surface area (Å²) in [7, 11) is 0. The van der Waals surface area contributed by atoms with Gasteiger partial charge in [0.05, 0.1) is 12.7 Å². The molecular weight excluding hydrogens is 472 g/mol. The molecule has 10 N–H and O–H groups in total. The van der Waals surface area contributed by atoms with Crippen LogP contribution in [-0.4, -0.2) is 156 Å². The van der Waals surface area contributed by atoms with Crippen LogP contribution in [0.4, 0.5) is 0 Å². The van der Waals surface area contributed by atoms with Gasteiger partial charge < -0.3 is 74.7 Å². The van der Waals surface area contributed by atoms with Crippen molar-refractivity contribution in [3.8, 4) is 0 Å². The Kier molecular flexibility index (Phi) is 8.81. The van der Waals surface area contributed by atoms with E-state index in [1.54, 1.807) is 0 Å². The normalized spacial score (nSPS) is 52.4. The minimum absolute atomic E-state index is 0.612. The van der Waals surface area contributed by atoms with Gasteiger partial charge in [0.25, 0.3) is 0 Å². The van der Waals surface area contributed by atoms with Crippen LogP contribution >= 0.6 is 0 Å². The molecule has 3 rings (SSSR count). The minimum Gasteiger partial charge on any atom is -0.479 e. The topological polar surface area (TPSA) is 266 Å². The van der Waals surface area contributed by atoms with E-state index in [1.807, 2.05) is 0 Å². The first kappa shape index (κ1) is 27.5. The van der Waals surface area contributed by atoms with Gasteiger partial charge in [0, 0.05) is 0 Å². The maximum atomic E-state index is 11.3. The van der Waals surface area contributed by atoms with Gasteiger partial charge in [-0.3, -0.25) is 0 Å². The lowest BCUT2D eigenvalue weighted by atomic mass is 9.96. The Balaban J connectivity index is 1.73. The van der Waals surface area contributed by atoms with E-state index >= 15 is 0 Å². The summed E-state index contributed by atoms with van der Waals surface area (Å²) in [5, 5.41) is 99.0. The van der Waals surface area contributed by atoms with Gasteiger partial charge in [-0.25, -0.2) is 4.79 Å². The fraction of sp³-hybridized carbons (Fsp3) is 0.944. The maximum Gasteiger partial charge on any atom is 0.335 e. The summed E-state index contributed by atoms with van der Waals surface area (Å²) in [6.45, 7) is 0.794. The number of ether oxygens (including phenoxy) is 5. The van der Waals surface area contributed by atoms with Crippen LogP contribution in [0.2, 0.25) is 0 Å². The van der Waals surface area contributed by atoms with Gasteiger partial charge in [-0.05, 0) is 6.92 Å². The van der Waals surface area contributed by atoms with E-state index in [0.717, 1.165) is 0 Å². The molecule has 0 radical (unpaired) electrons. The first-order valence-electron chi connectivity index (χ1n) is 10.4. The van der Waals surface area contributed by atoms with Gasteiger partial charge >= 0.3 is 5.97 Å². The maximum absolute atomic E-state index is 11.3.